The fraction of sp³-hybridized carbons (Fsp3) is 0.333. The molecule has 3 heterocycles. The van der Waals surface area contributed by atoms with E-state index in [9.17, 15) is 13.2 Å². The van der Waals surface area contributed by atoms with Crippen LogP contribution < -0.4 is 14.8 Å². The van der Waals surface area contributed by atoms with Gasteiger partial charge in [0.2, 0.25) is 27.8 Å². The molecule has 33 heavy (non-hydrogen) atoms. The number of rotatable bonds is 9. The number of pyridine rings is 1. The molecule has 0 saturated heterocycles. The third kappa shape index (κ3) is 5.40. The lowest BCUT2D eigenvalue weighted by Crippen LogP contribution is -2.23. The number of hydrogen-bond donors (Lipinski definition) is 2. The molecule has 0 aromatic carbocycles. The SMILES string of the molecule is CCC(C(=O)Nc1ccc(-c2cncc(OC)n2)cn1)c1ccnc(NS(=O)(=O)C2CC2)n1. The molecule has 11 nitrogen and oxygen atoms in total. The molecule has 1 aliphatic rings. The van der Waals surface area contributed by atoms with E-state index in [0.29, 0.717) is 42.3 Å². The molecule has 1 fully saturated rings. The van der Waals surface area contributed by atoms with E-state index < -0.39 is 21.2 Å². The standard InChI is InChI=1S/C21H23N7O4S/c1-3-15(16-8-9-23-21(26-16)28-33(30,31)14-5-6-14)20(29)27-18-7-4-13(10-24-18)17-11-22-12-19(25-17)32-2/h4,7-12,14-15H,3,5-6H2,1-2H3,(H,23,26,28)(H,24,27,29). The van der Waals surface area contributed by atoms with Crippen molar-refractivity contribution in [3.05, 3.63) is 48.7 Å². The summed E-state index contributed by atoms with van der Waals surface area (Å²) in [6, 6.07) is 5.03. The Hall–Kier alpha value is -3.67. The third-order valence-electron chi connectivity index (χ3n) is 5.09. The van der Waals surface area contributed by atoms with Gasteiger partial charge in [0, 0.05) is 18.0 Å². The average Bonchev–Trinajstić information content (AvgIpc) is 3.66. The molecule has 0 radical (unpaired) electrons. The Morgan fingerprint density at radius 1 is 1.15 bits per heavy atom. The molecule has 0 aliphatic heterocycles. The van der Waals surface area contributed by atoms with E-state index in [1.165, 1.54) is 19.5 Å². The first kappa shape index (κ1) is 22.5. The molecule has 172 valence electrons. The van der Waals surface area contributed by atoms with Crippen LogP contribution in [0.3, 0.4) is 0 Å². The van der Waals surface area contributed by atoms with Gasteiger partial charge in [-0.3, -0.25) is 14.5 Å². The summed E-state index contributed by atoms with van der Waals surface area (Å²) in [4.78, 5) is 33.8. The largest absolute Gasteiger partial charge is 0.480 e. The Balaban J connectivity index is 1.46. The number of anilines is 2. The molecular weight excluding hydrogens is 446 g/mol. The minimum atomic E-state index is -3.49. The molecule has 0 bridgehead atoms. The Labute approximate surface area is 191 Å². The number of carbonyl (C=O) groups is 1. The highest BCUT2D eigenvalue weighted by Gasteiger charge is 2.36. The highest BCUT2D eigenvalue weighted by molar-refractivity contribution is 7.93. The Kier molecular flexibility index (Phi) is 6.45. The van der Waals surface area contributed by atoms with Gasteiger partial charge in [-0.05, 0) is 37.5 Å². The quantitative estimate of drug-likeness (QED) is 0.481. The number of sulfonamides is 1. The van der Waals surface area contributed by atoms with Crippen molar-refractivity contribution in [2.75, 3.05) is 17.1 Å². The second kappa shape index (κ2) is 9.45. The Bertz CT molecular complexity index is 1250. The number of methoxy groups -OCH3 is 1. The van der Waals surface area contributed by atoms with Gasteiger partial charge >= 0.3 is 0 Å². The van der Waals surface area contributed by atoms with Crippen LogP contribution in [0.1, 0.15) is 37.8 Å². The summed E-state index contributed by atoms with van der Waals surface area (Å²) < 4.78 is 31.8. The first-order valence-corrected chi connectivity index (χ1v) is 11.9. The zero-order chi connectivity index (χ0) is 23.4. The number of carbonyl (C=O) groups excluding carboxylic acids is 1. The summed E-state index contributed by atoms with van der Waals surface area (Å²) in [5, 5.41) is 2.38. The van der Waals surface area contributed by atoms with Crippen molar-refractivity contribution in [3.63, 3.8) is 0 Å². The third-order valence-corrected chi connectivity index (χ3v) is 6.90. The van der Waals surface area contributed by atoms with Gasteiger partial charge in [0.25, 0.3) is 0 Å². The lowest BCUT2D eigenvalue weighted by molar-refractivity contribution is -0.117. The topological polar surface area (TPSA) is 149 Å². The summed E-state index contributed by atoms with van der Waals surface area (Å²) in [6.45, 7) is 1.85. The first-order valence-electron chi connectivity index (χ1n) is 10.4. The van der Waals surface area contributed by atoms with Crippen LogP contribution in [-0.4, -0.2) is 51.6 Å². The second-order valence-electron chi connectivity index (χ2n) is 7.48. The fourth-order valence-corrected chi connectivity index (χ4v) is 4.43. The zero-order valence-corrected chi connectivity index (χ0v) is 18.9. The maximum atomic E-state index is 12.9. The normalized spacial score (nSPS) is 14.4. The summed E-state index contributed by atoms with van der Waals surface area (Å²) in [6.07, 6.45) is 7.83. The number of nitrogens with one attached hydrogen (secondary N) is 2. The number of ether oxygens (including phenoxy) is 1. The van der Waals surface area contributed by atoms with E-state index >= 15 is 0 Å². The van der Waals surface area contributed by atoms with Crippen molar-refractivity contribution in [1.29, 1.82) is 0 Å². The Morgan fingerprint density at radius 2 is 1.97 bits per heavy atom. The molecule has 3 aromatic rings. The predicted octanol–water partition coefficient (Wildman–Crippen LogP) is 2.37. The van der Waals surface area contributed by atoms with E-state index in [1.807, 2.05) is 6.92 Å². The Morgan fingerprint density at radius 3 is 2.64 bits per heavy atom. The maximum absolute atomic E-state index is 12.9. The molecule has 1 amide bonds. The number of aromatic nitrogens is 5. The van der Waals surface area contributed by atoms with E-state index in [1.54, 1.807) is 30.6 Å². The average molecular weight is 470 g/mol. The summed E-state index contributed by atoms with van der Waals surface area (Å²) in [5.74, 6) is -0.204. The molecule has 12 heteroatoms. The molecular formula is C21H23N7O4S. The van der Waals surface area contributed by atoms with Crippen LogP contribution in [0, 0.1) is 0 Å². The summed E-state index contributed by atoms with van der Waals surface area (Å²) in [7, 11) is -1.98. The van der Waals surface area contributed by atoms with Gasteiger partial charge in [0.05, 0.1) is 42.1 Å². The minimum absolute atomic E-state index is 0.0347. The first-order chi connectivity index (χ1) is 15.9. The van der Waals surface area contributed by atoms with E-state index in [4.69, 9.17) is 4.74 Å². The highest BCUT2D eigenvalue weighted by atomic mass is 32.2. The number of amides is 1. The van der Waals surface area contributed by atoms with Gasteiger partial charge in [-0.2, -0.15) is 0 Å². The minimum Gasteiger partial charge on any atom is -0.480 e. The molecule has 4 rings (SSSR count). The maximum Gasteiger partial charge on any atom is 0.237 e. The molecule has 1 aliphatic carbocycles. The molecule has 0 spiro atoms. The number of nitrogens with zero attached hydrogens (tertiary/aromatic N) is 5. The van der Waals surface area contributed by atoms with Crippen LogP contribution in [0.5, 0.6) is 5.88 Å². The van der Waals surface area contributed by atoms with E-state index in [-0.39, 0.29) is 11.9 Å². The summed E-state index contributed by atoms with van der Waals surface area (Å²) >= 11 is 0. The van der Waals surface area contributed by atoms with Crippen LogP contribution in [0.15, 0.2) is 43.0 Å². The van der Waals surface area contributed by atoms with Crippen LogP contribution in [0.4, 0.5) is 11.8 Å². The smallest absolute Gasteiger partial charge is 0.237 e. The van der Waals surface area contributed by atoms with E-state index in [2.05, 4.69) is 35.0 Å². The molecule has 1 unspecified atom stereocenters. The van der Waals surface area contributed by atoms with Gasteiger partial charge in [-0.25, -0.2) is 28.4 Å². The van der Waals surface area contributed by atoms with Crippen molar-refractivity contribution < 1.29 is 17.9 Å². The monoisotopic (exact) mass is 469 g/mol. The van der Waals surface area contributed by atoms with E-state index in [0.717, 1.165) is 5.56 Å². The van der Waals surface area contributed by atoms with Crippen molar-refractivity contribution in [2.45, 2.75) is 37.4 Å². The van der Waals surface area contributed by atoms with Crippen LogP contribution >= 0.6 is 0 Å². The van der Waals surface area contributed by atoms with Gasteiger partial charge in [-0.15, -0.1) is 0 Å². The zero-order valence-electron chi connectivity index (χ0n) is 18.1. The van der Waals surface area contributed by atoms with Crippen molar-refractivity contribution >= 4 is 27.7 Å². The van der Waals surface area contributed by atoms with Crippen molar-refractivity contribution in [2.24, 2.45) is 0 Å². The van der Waals surface area contributed by atoms with Crippen molar-refractivity contribution in [3.8, 4) is 17.1 Å². The number of hydrogen-bond acceptors (Lipinski definition) is 9. The van der Waals surface area contributed by atoms with Gasteiger partial charge in [-0.1, -0.05) is 6.92 Å². The highest BCUT2D eigenvalue weighted by Crippen LogP contribution is 2.29. The second-order valence-corrected chi connectivity index (χ2v) is 9.44. The fourth-order valence-electron chi connectivity index (χ4n) is 3.15. The van der Waals surface area contributed by atoms with Gasteiger partial charge < -0.3 is 10.1 Å². The molecule has 2 N–H and O–H groups in total. The van der Waals surface area contributed by atoms with Crippen LogP contribution in [0.2, 0.25) is 0 Å². The van der Waals surface area contributed by atoms with Crippen molar-refractivity contribution in [1.82, 2.24) is 24.9 Å². The predicted molar refractivity (Wildman–Crippen MR) is 121 cm³/mol. The van der Waals surface area contributed by atoms with Crippen LogP contribution in [-0.2, 0) is 14.8 Å². The summed E-state index contributed by atoms with van der Waals surface area (Å²) in [5.41, 5.74) is 1.73. The van der Waals surface area contributed by atoms with Gasteiger partial charge in [0.1, 0.15) is 5.82 Å². The lowest BCUT2D eigenvalue weighted by Gasteiger charge is -2.15. The van der Waals surface area contributed by atoms with Crippen LogP contribution in [0.25, 0.3) is 11.3 Å². The molecule has 3 aromatic heterocycles. The molecule has 1 saturated carbocycles. The molecule has 1 atom stereocenters. The van der Waals surface area contributed by atoms with Gasteiger partial charge in [0.15, 0.2) is 0 Å². The lowest BCUT2D eigenvalue weighted by atomic mass is 10.0.